The molecule has 0 saturated carbocycles. The molecular weight excluding hydrogens is 490 g/mol. The number of amides is 1. The number of carbonyl (C=O) groups excluding carboxylic acids is 1. The van der Waals surface area contributed by atoms with Crippen molar-refractivity contribution in [1.29, 1.82) is 0 Å². The van der Waals surface area contributed by atoms with Gasteiger partial charge in [-0.1, -0.05) is 34.1 Å². The summed E-state index contributed by atoms with van der Waals surface area (Å²) in [6, 6.07) is 16.4. The number of aromatic hydroxyl groups is 1. The van der Waals surface area contributed by atoms with E-state index in [9.17, 15) is 14.7 Å². The molecule has 7 nitrogen and oxygen atoms in total. The van der Waals surface area contributed by atoms with E-state index in [1.165, 1.54) is 0 Å². The van der Waals surface area contributed by atoms with Gasteiger partial charge in [-0.15, -0.1) is 0 Å². The highest BCUT2D eigenvalue weighted by Crippen LogP contribution is 2.41. The Hall–Kier alpha value is -3.78. The van der Waals surface area contributed by atoms with Crippen molar-refractivity contribution in [2.24, 2.45) is 0 Å². The van der Waals surface area contributed by atoms with Crippen LogP contribution in [0.15, 0.2) is 74.3 Å². The first-order valence-electron chi connectivity index (χ1n) is 10.2. The zero-order chi connectivity index (χ0) is 22.7. The molecule has 0 spiro atoms. The number of benzene rings is 3. The van der Waals surface area contributed by atoms with Crippen LogP contribution in [0.5, 0.6) is 17.2 Å². The van der Waals surface area contributed by atoms with E-state index in [2.05, 4.69) is 15.9 Å². The molecule has 164 valence electrons. The third-order valence-corrected chi connectivity index (χ3v) is 6.40. The van der Waals surface area contributed by atoms with Gasteiger partial charge in [0.05, 0.1) is 17.0 Å². The van der Waals surface area contributed by atoms with E-state index < -0.39 is 11.9 Å². The van der Waals surface area contributed by atoms with E-state index in [1.54, 1.807) is 53.4 Å². The number of fused-ring (bicyclic) bond motifs is 3. The first-order valence-corrected chi connectivity index (χ1v) is 11.0. The molecule has 0 radical (unpaired) electrons. The van der Waals surface area contributed by atoms with Gasteiger partial charge in [-0.3, -0.25) is 9.59 Å². The molecule has 6 rings (SSSR count). The van der Waals surface area contributed by atoms with Crippen molar-refractivity contribution in [2.45, 2.75) is 12.6 Å². The second-order valence-corrected chi connectivity index (χ2v) is 8.85. The minimum Gasteiger partial charge on any atom is -0.508 e. The van der Waals surface area contributed by atoms with E-state index in [4.69, 9.17) is 13.9 Å². The second kappa shape index (κ2) is 7.38. The number of phenols is 1. The first-order chi connectivity index (χ1) is 16.0. The Morgan fingerprint density at radius 1 is 1.00 bits per heavy atom. The second-order valence-electron chi connectivity index (χ2n) is 7.93. The largest absolute Gasteiger partial charge is 0.508 e. The van der Waals surface area contributed by atoms with Crippen LogP contribution in [0.4, 0.5) is 0 Å². The number of nitrogens with zero attached hydrogens (tertiary/aromatic N) is 1. The maximum atomic E-state index is 13.6. The van der Waals surface area contributed by atoms with Crippen molar-refractivity contribution in [1.82, 2.24) is 4.90 Å². The lowest BCUT2D eigenvalue weighted by atomic mass is 9.98. The molecule has 1 amide bonds. The fourth-order valence-electron chi connectivity index (χ4n) is 4.43. The van der Waals surface area contributed by atoms with Gasteiger partial charge in [0, 0.05) is 11.0 Å². The van der Waals surface area contributed by atoms with Gasteiger partial charge in [0.15, 0.2) is 16.9 Å². The Morgan fingerprint density at radius 2 is 1.85 bits per heavy atom. The van der Waals surface area contributed by atoms with Crippen molar-refractivity contribution >= 4 is 32.8 Å². The molecule has 1 atom stereocenters. The van der Waals surface area contributed by atoms with Gasteiger partial charge in [-0.25, -0.2) is 0 Å². The number of phenolic OH excluding ortho intramolecular Hbond substituents is 1. The summed E-state index contributed by atoms with van der Waals surface area (Å²) in [5.41, 5.74) is 1.75. The van der Waals surface area contributed by atoms with Crippen LogP contribution in [-0.2, 0) is 6.54 Å². The topological polar surface area (TPSA) is 89.2 Å². The van der Waals surface area contributed by atoms with Gasteiger partial charge < -0.3 is 23.9 Å². The number of ether oxygens (including phenoxy) is 2. The standard InChI is InChI=1S/C25H16BrNO6/c26-15-5-7-18-17(10-15)23(29)21-22(14-2-1-3-16(28)9-14)27(25(30)24(21)33-18)11-13-4-6-19-20(8-13)32-12-31-19/h1-10,22,28H,11-12H2/t22-/m1/s1. The van der Waals surface area contributed by atoms with E-state index >= 15 is 0 Å². The maximum absolute atomic E-state index is 13.6. The van der Waals surface area contributed by atoms with E-state index in [0.29, 0.717) is 28.0 Å². The number of hydrogen-bond donors (Lipinski definition) is 1. The van der Waals surface area contributed by atoms with Crippen LogP contribution >= 0.6 is 15.9 Å². The Morgan fingerprint density at radius 3 is 2.70 bits per heavy atom. The highest BCUT2D eigenvalue weighted by atomic mass is 79.9. The van der Waals surface area contributed by atoms with Crippen molar-refractivity contribution in [3.05, 3.63) is 97.8 Å². The molecule has 1 aromatic heterocycles. The van der Waals surface area contributed by atoms with Crippen LogP contribution < -0.4 is 14.9 Å². The van der Waals surface area contributed by atoms with E-state index in [-0.39, 0.29) is 35.8 Å². The lowest BCUT2D eigenvalue weighted by molar-refractivity contribution is 0.0714. The highest BCUT2D eigenvalue weighted by molar-refractivity contribution is 9.10. The SMILES string of the molecule is O=C1c2oc3ccc(Br)cc3c(=O)c2[C@@H](c2cccc(O)c2)N1Cc1ccc2c(c1)OCO2. The van der Waals surface area contributed by atoms with Crippen LogP contribution in [0, 0.1) is 0 Å². The van der Waals surface area contributed by atoms with Crippen LogP contribution in [0.1, 0.15) is 33.3 Å². The van der Waals surface area contributed by atoms with Crippen LogP contribution in [0.2, 0.25) is 0 Å². The molecular formula is C25H16BrNO6. The fourth-order valence-corrected chi connectivity index (χ4v) is 4.79. The van der Waals surface area contributed by atoms with Crippen molar-refractivity contribution in [3.63, 3.8) is 0 Å². The lowest BCUT2D eigenvalue weighted by Gasteiger charge is -2.25. The van der Waals surface area contributed by atoms with Crippen molar-refractivity contribution in [3.8, 4) is 17.2 Å². The van der Waals surface area contributed by atoms with Crippen molar-refractivity contribution in [2.75, 3.05) is 6.79 Å². The highest BCUT2D eigenvalue weighted by Gasteiger charge is 2.43. The van der Waals surface area contributed by atoms with Gasteiger partial charge >= 0.3 is 0 Å². The summed E-state index contributed by atoms with van der Waals surface area (Å²) in [5, 5.41) is 10.5. The fraction of sp³-hybridized carbons (Fsp3) is 0.120. The number of rotatable bonds is 3. The minimum atomic E-state index is -0.718. The van der Waals surface area contributed by atoms with Crippen LogP contribution in [0.25, 0.3) is 11.0 Å². The molecule has 2 aliphatic rings. The predicted molar refractivity (Wildman–Crippen MR) is 123 cm³/mol. The summed E-state index contributed by atoms with van der Waals surface area (Å²) in [5.74, 6) is 0.925. The van der Waals surface area contributed by atoms with Gasteiger partial charge in [0.25, 0.3) is 5.91 Å². The molecule has 3 heterocycles. The van der Waals surface area contributed by atoms with Crippen LogP contribution in [0.3, 0.4) is 0 Å². The Balaban J connectivity index is 1.53. The Labute approximate surface area is 195 Å². The molecule has 3 aromatic carbocycles. The zero-order valence-corrected chi connectivity index (χ0v) is 18.7. The third-order valence-electron chi connectivity index (χ3n) is 5.90. The van der Waals surface area contributed by atoms with E-state index in [0.717, 1.165) is 10.0 Å². The molecule has 0 saturated heterocycles. The van der Waals surface area contributed by atoms with Crippen molar-refractivity contribution < 1.29 is 23.8 Å². The molecule has 4 aromatic rings. The molecule has 0 aliphatic carbocycles. The maximum Gasteiger partial charge on any atom is 0.291 e. The molecule has 1 N–H and O–H groups in total. The molecule has 0 unspecified atom stereocenters. The summed E-state index contributed by atoms with van der Waals surface area (Å²) in [6.07, 6.45) is 0. The third kappa shape index (κ3) is 3.17. The van der Waals surface area contributed by atoms with Crippen LogP contribution in [-0.4, -0.2) is 22.7 Å². The molecule has 0 bridgehead atoms. The van der Waals surface area contributed by atoms with Gasteiger partial charge in [-0.05, 0) is 53.6 Å². The lowest BCUT2D eigenvalue weighted by Crippen LogP contribution is -2.29. The average Bonchev–Trinajstić information content (AvgIpc) is 3.37. The average molecular weight is 506 g/mol. The summed E-state index contributed by atoms with van der Waals surface area (Å²) in [7, 11) is 0. The minimum absolute atomic E-state index is 0.0175. The molecule has 0 fully saturated rings. The zero-order valence-electron chi connectivity index (χ0n) is 17.1. The van der Waals surface area contributed by atoms with Gasteiger partial charge in [0.2, 0.25) is 12.6 Å². The van der Waals surface area contributed by atoms with E-state index in [1.807, 2.05) is 12.1 Å². The van der Waals surface area contributed by atoms with Gasteiger partial charge in [-0.2, -0.15) is 0 Å². The predicted octanol–water partition coefficient (Wildman–Crippen LogP) is 4.74. The first kappa shape index (κ1) is 19.9. The number of hydrogen-bond acceptors (Lipinski definition) is 6. The molecule has 33 heavy (non-hydrogen) atoms. The summed E-state index contributed by atoms with van der Waals surface area (Å²) in [6.45, 7) is 0.360. The number of halogens is 1. The summed E-state index contributed by atoms with van der Waals surface area (Å²) < 4.78 is 17.5. The monoisotopic (exact) mass is 505 g/mol. The summed E-state index contributed by atoms with van der Waals surface area (Å²) in [4.78, 5) is 28.7. The Bertz CT molecular complexity index is 1510. The normalized spacial score (nSPS) is 16.5. The molecule has 2 aliphatic heterocycles. The Kier molecular flexibility index (Phi) is 4.45. The summed E-state index contributed by atoms with van der Waals surface area (Å²) >= 11 is 3.40. The quantitative estimate of drug-likeness (QED) is 0.432. The smallest absolute Gasteiger partial charge is 0.291 e. The number of carbonyl (C=O) groups is 1. The molecule has 8 heteroatoms. The van der Waals surface area contributed by atoms with Gasteiger partial charge in [0.1, 0.15) is 11.3 Å².